The van der Waals surface area contributed by atoms with E-state index in [1.54, 1.807) is 11.0 Å². The molecule has 7 nitrogen and oxygen atoms in total. The average molecular weight is 493 g/mol. The van der Waals surface area contributed by atoms with Crippen molar-refractivity contribution >= 4 is 28.7 Å². The SMILES string of the molecule is CCN(CC)C(=O)Oc1ccc2c(ccn2Cc2cccc(C)c2)c1CC(=O)CCCCC(=O)OC. The Hall–Kier alpha value is -3.61. The molecule has 0 aliphatic carbocycles. The number of carbonyl (C=O) groups excluding carboxylic acids is 3. The average Bonchev–Trinajstić information content (AvgIpc) is 3.26. The molecule has 0 aliphatic heterocycles. The number of carbonyl (C=O) groups is 3. The molecule has 1 amide bonds. The molecular formula is C29H36N2O5. The van der Waals surface area contributed by atoms with Crippen LogP contribution >= 0.6 is 0 Å². The van der Waals surface area contributed by atoms with Crippen molar-refractivity contribution < 1.29 is 23.9 Å². The number of hydrogen-bond donors (Lipinski definition) is 0. The third-order valence-electron chi connectivity index (χ3n) is 6.36. The van der Waals surface area contributed by atoms with Gasteiger partial charge in [0.2, 0.25) is 0 Å². The van der Waals surface area contributed by atoms with Gasteiger partial charge in [-0.1, -0.05) is 29.8 Å². The number of amides is 1. The second-order valence-electron chi connectivity index (χ2n) is 8.95. The Morgan fingerprint density at radius 3 is 2.42 bits per heavy atom. The molecular weight excluding hydrogens is 456 g/mol. The second-order valence-corrected chi connectivity index (χ2v) is 8.95. The first-order valence-electron chi connectivity index (χ1n) is 12.6. The molecule has 0 saturated heterocycles. The van der Waals surface area contributed by atoms with E-state index >= 15 is 0 Å². The Morgan fingerprint density at radius 2 is 1.72 bits per heavy atom. The molecule has 1 heterocycles. The van der Waals surface area contributed by atoms with Gasteiger partial charge in [-0.3, -0.25) is 9.59 Å². The van der Waals surface area contributed by atoms with Gasteiger partial charge < -0.3 is 18.9 Å². The predicted molar refractivity (Wildman–Crippen MR) is 140 cm³/mol. The summed E-state index contributed by atoms with van der Waals surface area (Å²) >= 11 is 0. The fraction of sp³-hybridized carbons (Fsp3) is 0.414. The summed E-state index contributed by atoms with van der Waals surface area (Å²) in [4.78, 5) is 38.6. The van der Waals surface area contributed by atoms with Gasteiger partial charge in [0.15, 0.2) is 0 Å². The van der Waals surface area contributed by atoms with Crippen LogP contribution in [0.4, 0.5) is 4.79 Å². The molecule has 0 aliphatic rings. The van der Waals surface area contributed by atoms with Gasteiger partial charge in [-0.25, -0.2) is 4.79 Å². The highest BCUT2D eigenvalue weighted by Gasteiger charge is 2.20. The summed E-state index contributed by atoms with van der Waals surface area (Å²) in [5, 5.41) is 0.899. The summed E-state index contributed by atoms with van der Waals surface area (Å²) in [6.07, 6.45) is 3.59. The molecule has 3 rings (SSSR count). The fourth-order valence-electron chi connectivity index (χ4n) is 4.36. The van der Waals surface area contributed by atoms with Gasteiger partial charge in [-0.15, -0.1) is 0 Å². The van der Waals surface area contributed by atoms with Crippen molar-refractivity contribution in [3.05, 3.63) is 65.4 Å². The minimum absolute atomic E-state index is 0.0407. The van der Waals surface area contributed by atoms with Gasteiger partial charge in [0, 0.05) is 61.6 Å². The Kier molecular flexibility index (Phi) is 9.68. The molecule has 7 heteroatoms. The minimum Gasteiger partial charge on any atom is -0.469 e. The van der Waals surface area contributed by atoms with Gasteiger partial charge >= 0.3 is 12.1 Å². The topological polar surface area (TPSA) is 77.8 Å². The first-order valence-corrected chi connectivity index (χ1v) is 12.6. The first kappa shape index (κ1) is 27.0. The van der Waals surface area contributed by atoms with Crippen molar-refractivity contribution in [1.82, 2.24) is 9.47 Å². The molecule has 36 heavy (non-hydrogen) atoms. The van der Waals surface area contributed by atoms with Crippen LogP contribution in [0.1, 0.15) is 56.2 Å². The van der Waals surface area contributed by atoms with Crippen molar-refractivity contribution in [2.45, 2.75) is 59.4 Å². The lowest BCUT2D eigenvalue weighted by atomic mass is 10.00. The van der Waals surface area contributed by atoms with Crippen LogP contribution in [0.2, 0.25) is 0 Å². The largest absolute Gasteiger partial charge is 0.469 e. The van der Waals surface area contributed by atoms with Gasteiger partial charge in [0.05, 0.1) is 7.11 Å². The number of aromatic nitrogens is 1. The van der Waals surface area contributed by atoms with E-state index < -0.39 is 6.09 Å². The number of fused-ring (bicyclic) bond motifs is 1. The summed E-state index contributed by atoms with van der Waals surface area (Å²) in [6.45, 7) is 7.65. The maximum atomic E-state index is 12.9. The summed E-state index contributed by atoms with van der Waals surface area (Å²) in [7, 11) is 1.36. The molecule has 0 radical (unpaired) electrons. The number of ether oxygens (including phenoxy) is 2. The minimum atomic E-state index is -0.426. The molecule has 0 unspecified atom stereocenters. The molecule has 0 fully saturated rings. The number of aryl methyl sites for hydroxylation is 1. The Labute approximate surface area is 213 Å². The van der Waals surface area contributed by atoms with Crippen molar-refractivity contribution in [1.29, 1.82) is 0 Å². The fourth-order valence-corrected chi connectivity index (χ4v) is 4.36. The van der Waals surface area contributed by atoms with Crippen LogP contribution in [-0.4, -0.2) is 47.5 Å². The Morgan fingerprint density at radius 1 is 0.972 bits per heavy atom. The number of esters is 1. The first-order chi connectivity index (χ1) is 17.4. The molecule has 1 aromatic heterocycles. The van der Waals surface area contributed by atoms with Crippen LogP contribution in [-0.2, 0) is 27.3 Å². The number of benzene rings is 2. The maximum absolute atomic E-state index is 12.9. The molecule has 3 aromatic rings. The van der Waals surface area contributed by atoms with E-state index in [1.807, 2.05) is 38.2 Å². The van der Waals surface area contributed by atoms with Crippen molar-refractivity contribution in [2.24, 2.45) is 0 Å². The van der Waals surface area contributed by atoms with E-state index in [0.29, 0.717) is 56.6 Å². The predicted octanol–water partition coefficient (Wildman–Crippen LogP) is 5.68. The molecule has 192 valence electrons. The summed E-state index contributed by atoms with van der Waals surface area (Å²) < 4.78 is 12.6. The number of methoxy groups -OCH3 is 1. The van der Waals surface area contributed by atoms with Gasteiger partial charge in [0.1, 0.15) is 11.5 Å². The van der Waals surface area contributed by atoms with Crippen LogP contribution in [0.25, 0.3) is 10.9 Å². The number of unbranched alkanes of at least 4 members (excludes halogenated alkanes) is 1. The zero-order chi connectivity index (χ0) is 26.1. The summed E-state index contributed by atoms with van der Waals surface area (Å²) in [5.41, 5.74) is 4.09. The molecule has 0 bridgehead atoms. The van der Waals surface area contributed by atoms with E-state index in [4.69, 9.17) is 4.74 Å². The van der Waals surface area contributed by atoms with Crippen LogP contribution in [0.15, 0.2) is 48.7 Å². The lowest BCUT2D eigenvalue weighted by Gasteiger charge is -2.19. The van der Waals surface area contributed by atoms with E-state index in [1.165, 1.54) is 18.2 Å². The third kappa shape index (κ3) is 6.97. The maximum Gasteiger partial charge on any atom is 0.415 e. The highest BCUT2D eigenvalue weighted by molar-refractivity contribution is 5.92. The normalized spacial score (nSPS) is 10.9. The summed E-state index contributed by atoms with van der Waals surface area (Å²) in [6, 6.07) is 14.1. The van der Waals surface area contributed by atoms with Crippen molar-refractivity contribution in [2.75, 3.05) is 20.2 Å². The number of hydrogen-bond acceptors (Lipinski definition) is 5. The molecule has 0 N–H and O–H groups in total. The van der Waals surface area contributed by atoms with Gasteiger partial charge in [-0.05, 0) is 57.4 Å². The lowest BCUT2D eigenvalue weighted by Crippen LogP contribution is -2.33. The number of nitrogens with zero attached hydrogens (tertiary/aromatic N) is 2. The number of Topliss-reactive ketones (excluding diaryl/α,β-unsaturated/α-hetero) is 1. The smallest absolute Gasteiger partial charge is 0.415 e. The highest BCUT2D eigenvalue weighted by atomic mass is 16.6. The molecule has 0 atom stereocenters. The molecule has 0 spiro atoms. The van der Waals surface area contributed by atoms with Gasteiger partial charge in [0.25, 0.3) is 0 Å². The zero-order valence-electron chi connectivity index (χ0n) is 21.7. The van der Waals surface area contributed by atoms with Crippen LogP contribution in [0.3, 0.4) is 0 Å². The van der Waals surface area contributed by atoms with Crippen LogP contribution in [0.5, 0.6) is 5.75 Å². The van der Waals surface area contributed by atoms with E-state index in [9.17, 15) is 14.4 Å². The van der Waals surface area contributed by atoms with Crippen LogP contribution < -0.4 is 4.74 Å². The van der Waals surface area contributed by atoms with E-state index in [2.05, 4.69) is 34.4 Å². The van der Waals surface area contributed by atoms with Crippen LogP contribution in [0, 0.1) is 6.92 Å². The van der Waals surface area contributed by atoms with Crippen molar-refractivity contribution in [3.63, 3.8) is 0 Å². The Bertz CT molecular complexity index is 1210. The van der Waals surface area contributed by atoms with E-state index in [-0.39, 0.29) is 18.2 Å². The Balaban J connectivity index is 1.87. The third-order valence-corrected chi connectivity index (χ3v) is 6.36. The highest BCUT2D eigenvalue weighted by Crippen LogP contribution is 2.31. The van der Waals surface area contributed by atoms with Gasteiger partial charge in [-0.2, -0.15) is 0 Å². The molecule has 0 saturated carbocycles. The zero-order valence-corrected chi connectivity index (χ0v) is 21.7. The molecule has 2 aromatic carbocycles. The number of rotatable bonds is 12. The second kappa shape index (κ2) is 12.9. The van der Waals surface area contributed by atoms with E-state index in [0.717, 1.165) is 10.9 Å². The van der Waals surface area contributed by atoms with Crippen molar-refractivity contribution in [3.8, 4) is 5.75 Å². The quantitative estimate of drug-likeness (QED) is 0.240. The standard InChI is InChI=1S/C29H36N2O5/c1-5-30(6-2)29(34)36-27-15-14-26-24(16-17-31(26)20-22-11-9-10-21(3)18-22)25(27)19-23(32)12-7-8-13-28(33)35-4/h9-11,14-18H,5-8,12-13,19-20H2,1-4H3. The monoisotopic (exact) mass is 492 g/mol. The number of ketones is 1. The summed E-state index contributed by atoms with van der Waals surface area (Å²) in [5.74, 6) is 0.183. The lowest BCUT2D eigenvalue weighted by molar-refractivity contribution is -0.140.